The van der Waals surface area contributed by atoms with Crippen LogP contribution in [0.4, 0.5) is 0 Å². The molecule has 162 valence electrons. The van der Waals surface area contributed by atoms with Crippen LogP contribution in [0, 0.1) is 0 Å². The lowest BCUT2D eigenvalue weighted by molar-refractivity contribution is -0.120. The van der Waals surface area contributed by atoms with E-state index in [1.165, 1.54) is 0 Å². The fourth-order valence-corrected chi connectivity index (χ4v) is 3.82. The molecule has 1 amide bonds. The van der Waals surface area contributed by atoms with E-state index in [2.05, 4.69) is 15.2 Å². The van der Waals surface area contributed by atoms with E-state index in [4.69, 9.17) is 16.3 Å². The van der Waals surface area contributed by atoms with Gasteiger partial charge >= 0.3 is 0 Å². The number of nitrogens with zero attached hydrogens (tertiary/aromatic N) is 3. The summed E-state index contributed by atoms with van der Waals surface area (Å²) in [5, 5.41) is 3.51. The second-order valence-electron chi connectivity index (χ2n) is 7.73. The van der Waals surface area contributed by atoms with Gasteiger partial charge in [-0.05, 0) is 29.8 Å². The lowest BCUT2D eigenvalue weighted by Gasteiger charge is -2.26. The largest absolute Gasteiger partial charge is 0.379 e. The first-order valence-corrected chi connectivity index (χ1v) is 10.7. The Labute approximate surface area is 185 Å². The number of aromatic nitrogens is 2. The summed E-state index contributed by atoms with van der Waals surface area (Å²) < 4.78 is 7.24. The molecule has 1 aliphatic heterocycles. The van der Waals surface area contributed by atoms with Crippen LogP contribution in [0.5, 0.6) is 0 Å². The smallest absolute Gasteiger partial charge is 0.224 e. The maximum Gasteiger partial charge on any atom is 0.224 e. The van der Waals surface area contributed by atoms with E-state index in [0.29, 0.717) is 42.4 Å². The Morgan fingerprint density at radius 1 is 1.16 bits per heavy atom. The Hall–Kier alpha value is -2.74. The van der Waals surface area contributed by atoms with Crippen molar-refractivity contribution in [2.24, 2.45) is 7.05 Å². The summed E-state index contributed by atoms with van der Waals surface area (Å²) in [5.74, 6) is -0.212. The van der Waals surface area contributed by atoms with Crippen molar-refractivity contribution >= 4 is 28.5 Å². The Morgan fingerprint density at radius 2 is 1.90 bits per heavy atom. The molecular weight excluding hydrogens is 416 g/mol. The minimum atomic E-state index is -0.212. The Kier molecular flexibility index (Phi) is 6.65. The topological polar surface area (TPSA) is 76.5 Å². The molecule has 0 unspecified atom stereocenters. The van der Waals surface area contributed by atoms with Gasteiger partial charge in [-0.1, -0.05) is 23.7 Å². The van der Waals surface area contributed by atoms with Gasteiger partial charge in [0, 0.05) is 50.0 Å². The molecule has 1 N–H and O–H groups in total. The van der Waals surface area contributed by atoms with Crippen LogP contribution < -0.4 is 10.7 Å². The minimum absolute atomic E-state index is 0.00553. The first-order valence-electron chi connectivity index (χ1n) is 10.3. The SMILES string of the molecule is Cn1cc(CC(=O)NCc2ccc(Cl)cc2)c(=O)c2nc(CN3CCOCC3)ccc21. The summed E-state index contributed by atoms with van der Waals surface area (Å²) in [7, 11) is 1.86. The first kappa shape index (κ1) is 21.5. The third kappa shape index (κ3) is 5.31. The average molecular weight is 441 g/mol. The van der Waals surface area contributed by atoms with Crippen molar-refractivity contribution in [1.82, 2.24) is 19.8 Å². The summed E-state index contributed by atoms with van der Waals surface area (Å²) in [6.07, 6.45) is 1.72. The highest BCUT2D eigenvalue weighted by atomic mass is 35.5. The van der Waals surface area contributed by atoms with Crippen LogP contribution in [0.15, 0.2) is 47.4 Å². The van der Waals surface area contributed by atoms with E-state index in [1.807, 2.05) is 35.9 Å². The number of hydrogen-bond acceptors (Lipinski definition) is 5. The summed E-state index contributed by atoms with van der Waals surface area (Å²) in [5.41, 5.74) is 3.17. The number of benzene rings is 1. The van der Waals surface area contributed by atoms with Gasteiger partial charge in [0.15, 0.2) is 0 Å². The van der Waals surface area contributed by atoms with Crippen LogP contribution in [-0.4, -0.2) is 46.7 Å². The standard InChI is InChI=1S/C23H25ClN4O3/c1-27-14-17(12-21(29)25-13-16-2-4-18(24)5-3-16)23(30)22-20(27)7-6-19(26-22)15-28-8-10-31-11-9-28/h2-7,14H,8-13,15H2,1H3,(H,25,29). The number of fused-ring (bicyclic) bond motifs is 1. The van der Waals surface area contributed by atoms with Gasteiger partial charge in [0.25, 0.3) is 0 Å². The van der Waals surface area contributed by atoms with E-state index < -0.39 is 0 Å². The van der Waals surface area contributed by atoms with E-state index in [1.54, 1.807) is 18.3 Å². The molecule has 1 aliphatic rings. The van der Waals surface area contributed by atoms with Crippen LogP contribution in [0.25, 0.3) is 11.0 Å². The van der Waals surface area contributed by atoms with Crippen LogP contribution in [0.1, 0.15) is 16.8 Å². The summed E-state index contributed by atoms with van der Waals surface area (Å²) >= 11 is 5.89. The molecule has 7 nitrogen and oxygen atoms in total. The molecule has 0 spiro atoms. The first-order chi connectivity index (χ1) is 15.0. The lowest BCUT2D eigenvalue weighted by Crippen LogP contribution is -2.36. The lowest BCUT2D eigenvalue weighted by atomic mass is 10.1. The summed E-state index contributed by atoms with van der Waals surface area (Å²) in [4.78, 5) is 32.4. The van der Waals surface area contributed by atoms with Crippen molar-refractivity contribution in [2.75, 3.05) is 26.3 Å². The molecule has 8 heteroatoms. The number of aryl methyl sites for hydroxylation is 1. The predicted molar refractivity (Wildman–Crippen MR) is 120 cm³/mol. The molecule has 0 radical (unpaired) electrons. The molecule has 0 saturated carbocycles. The predicted octanol–water partition coefficient (Wildman–Crippen LogP) is 2.28. The molecule has 3 aromatic rings. The molecule has 1 saturated heterocycles. The van der Waals surface area contributed by atoms with Gasteiger partial charge in [-0.2, -0.15) is 0 Å². The van der Waals surface area contributed by atoms with Crippen LogP contribution >= 0.6 is 11.6 Å². The van der Waals surface area contributed by atoms with Gasteiger partial charge in [-0.15, -0.1) is 0 Å². The van der Waals surface area contributed by atoms with Crippen molar-refractivity contribution in [1.29, 1.82) is 0 Å². The molecule has 31 heavy (non-hydrogen) atoms. The Balaban J connectivity index is 1.50. The minimum Gasteiger partial charge on any atom is -0.379 e. The molecule has 4 rings (SSSR count). The van der Waals surface area contributed by atoms with Crippen molar-refractivity contribution in [3.05, 3.63) is 74.7 Å². The number of morpholine rings is 1. The van der Waals surface area contributed by atoms with Gasteiger partial charge in [-0.25, -0.2) is 4.98 Å². The van der Waals surface area contributed by atoms with Gasteiger partial charge in [-0.3, -0.25) is 14.5 Å². The van der Waals surface area contributed by atoms with Crippen molar-refractivity contribution in [2.45, 2.75) is 19.5 Å². The highest BCUT2D eigenvalue weighted by molar-refractivity contribution is 6.30. The number of carbonyl (C=O) groups is 1. The highest BCUT2D eigenvalue weighted by Gasteiger charge is 2.15. The molecular formula is C23H25ClN4O3. The normalized spacial score (nSPS) is 14.6. The van der Waals surface area contributed by atoms with Gasteiger partial charge in [0.05, 0.1) is 30.8 Å². The van der Waals surface area contributed by atoms with Crippen LogP contribution in [0.2, 0.25) is 5.02 Å². The second kappa shape index (κ2) is 9.60. The maximum atomic E-state index is 13.1. The van der Waals surface area contributed by atoms with Crippen molar-refractivity contribution in [3.63, 3.8) is 0 Å². The molecule has 0 aliphatic carbocycles. The quantitative estimate of drug-likeness (QED) is 0.636. The zero-order valence-electron chi connectivity index (χ0n) is 17.4. The Bertz CT molecular complexity index is 1140. The number of hydrogen-bond donors (Lipinski definition) is 1. The fourth-order valence-electron chi connectivity index (χ4n) is 3.70. The molecule has 1 aromatic carbocycles. The summed E-state index contributed by atoms with van der Waals surface area (Å²) in [6.45, 7) is 4.19. The highest BCUT2D eigenvalue weighted by Crippen LogP contribution is 2.13. The molecule has 2 aromatic heterocycles. The fraction of sp³-hybridized carbons (Fsp3) is 0.348. The Morgan fingerprint density at radius 3 is 2.65 bits per heavy atom. The third-order valence-electron chi connectivity index (χ3n) is 5.41. The number of halogens is 1. The van der Waals surface area contributed by atoms with E-state index in [-0.39, 0.29) is 17.8 Å². The van der Waals surface area contributed by atoms with Crippen LogP contribution in [-0.2, 0) is 36.1 Å². The number of amides is 1. The molecule has 1 fully saturated rings. The second-order valence-corrected chi connectivity index (χ2v) is 8.17. The van der Waals surface area contributed by atoms with Gasteiger partial charge < -0.3 is 14.6 Å². The molecule has 0 bridgehead atoms. The number of nitrogens with one attached hydrogen (secondary N) is 1. The maximum absolute atomic E-state index is 13.1. The van der Waals surface area contributed by atoms with E-state index in [0.717, 1.165) is 29.9 Å². The number of rotatable bonds is 6. The van der Waals surface area contributed by atoms with Gasteiger partial charge in [0.2, 0.25) is 11.3 Å². The number of pyridine rings is 2. The molecule has 0 atom stereocenters. The number of carbonyl (C=O) groups excluding carboxylic acids is 1. The van der Waals surface area contributed by atoms with E-state index in [9.17, 15) is 9.59 Å². The van der Waals surface area contributed by atoms with Crippen molar-refractivity contribution < 1.29 is 9.53 Å². The van der Waals surface area contributed by atoms with Gasteiger partial charge in [0.1, 0.15) is 5.52 Å². The zero-order chi connectivity index (χ0) is 21.8. The average Bonchev–Trinajstić information content (AvgIpc) is 2.77. The monoisotopic (exact) mass is 440 g/mol. The molecule has 3 heterocycles. The van der Waals surface area contributed by atoms with E-state index >= 15 is 0 Å². The third-order valence-corrected chi connectivity index (χ3v) is 5.66. The number of ether oxygens (including phenoxy) is 1. The zero-order valence-corrected chi connectivity index (χ0v) is 18.2. The van der Waals surface area contributed by atoms with Crippen molar-refractivity contribution in [3.8, 4) is 0 Å². The summed E-state index contributed by atoms with van der Waals surface area (Å²) in [6, 6.07) is 11.2. The van der Waals surface area contributed by atoms with Crippen LogP contribution in [0.3, 0.4) is 0 Å².